The van der Waals surface area contributed by atoms with Gasteiger partial charge in [0.05, 0.1) is 43.7 Å². The van der Waals surface area contributed by atoms with Crippen molar-refractivity contribution in [2.45, 2.75) is 54.1 Å². The van der Waals surface area contributed by atoms with E-state index in [1.807, 2.05) is 73.8 Å². The van der Waals surface area contributed by atoms with Crippen molar-refractivity contribution in [3.63, 3.8) is 0 Å². The lowest BCUT2D eigenvalue weighted by atomic mass is 9.96. The highest BCUT2D eigenvalue weighted by Crippen LogP contribution is 2.49. The number of fused-ring (bicyclic) bond motifs is 1. The third-order valence-corrected chi connectivity index (χ3v) is 5.15. The van der Waals surface area contributed by atoms with Crippen LogP contribution in [0.2, 0.25) is 0 Å². The first kappa shape index (κ1) is 28.3. The average molecular weight is 488 g/mol. The van der Waals surface area contributed by atoms with Crippen LogP contribution in [0, 0.1) is 0 Å². The molecule has 194 valence electrons. The second-order valence-corrected chi connectivity index (χ2v) is 8.57. The number of hydrogen-bond donors (Lipinski definition) is 0. The average Bonchev–Trinajstić information content (AvgIpc) is 2.79. The number of carbonyl (C=O) groups excluding carboxylic acids is 1. The van der Waals surface area contributed by atoms with Crippen LogP contribution < -0.4 is 18.9 Å². The fourth-order valence-corrected chi connectivity index (χ4v) is 3.85. The molecule has 0 aliphatic heterocycles. The molecule has 0 unspecified atom stereocenters. The van der Waals surface area contributed by atoms with Crippen LogP contribution in [-0.2, 0) is 9.53 Å². The van der Waals surface area contributed by atoms with Crippen LogP contribution in [0.3, 0.4) is 0 Å². The van der Waals surface area contributed by atoms with Crippen LogP contribution in [0.1, 0.15) is 59.6 Å². The fraction of sp³-hybridized carbons (Fsp3) is 0.536. The first-order chi connectivity index (χ1) is 16.8. The predicted octanol–water partition coefficient (Wildman–Crippen LogP) is 5.94. The van der Waals surface area contributed by atoms with Crippen LogP contribution in [0.5, 0.6) is 23.0 Å². The first-order valence-electron chi connectivity index (χ1n) is 12.4. The lowest BCUT2D eigenvalue weighted by molar-refractivity contribution is -0.150. The lowest BCUT2D eigenvalue weighted by Gasteiger charge is -2.25. The van der Waals surface area contributed by atoms with Gasteiger partial charge in [-0.05, 0) is 73.8 Å². The zero-order valence-electron chi connectivity index (χ0n) is 22.5. The Morgan fingerprint density at radius 1 is 0.857 bits per heavy atom. The number of allylic oxidation sites excluding steroid dienone is 1. The number of nitrogens with zero attached hydrogens (tertiary/aromatic N) is 1. The molecule has 0 aliphatic rings. The van der Waals surface area contributed by atoms with E-state index < -0.39 is 6.10 Å². The van der Waals surface area contributed by atoms with Gasteiger partial charge in [-0.1, -0.05) is 11.6 Å². The number of benzene rings is 2. The highest BCUT2D eigenvalue weighted by Gasteiger charge is 2.28. The van der Waals surface area contributed by atoms with E-state index in [4.69, 9.17) is 23.7 Å². The van der Waals surface area contributed by atoms with Crippen molar-refractivity contribution >= 4 is 16.7 Å². The number of rotatable bonds is 14. The predicted molar refractivity (Wildman–Crippen MR) is 140 cm³/mol. The molecular formula is C28H41NO6. The van der Waals surface area contributed by atoms with Gasteiger partial charge in [0.25, 0.3) is 0 Å². The Kier molecular flexibility index (Phi) is 11.2. The zero-order valence-corrected chi connectivity index (χ0v) is 22.5. The number of likely N-dealkylation sites (N-methyl/N-ethyl adjacent to an activating group) is 1. The Bertz CT molecular complexity index is 1010. The molecule has 0 heterocycles. The van der Waals surface area contributed by atoms with E-state index in [1.165, 1.54) is 0 Å². The van der Waals surface area contributed by atoms with Gasteiger partial charge < -0.3 is 23.7 Å². The third kappa shape index (κ3) is 7.52. The maximum Gasteiger partial charge on any atom is 0.320 e. The van der Waals surface area contributed by atoms with Gasteiger partial charge in [-0.2, -0.15) is 0 Å². The van der Waals surface area contributed by atoms with E-state index in [0.717, 1.165) is 21.9 Å². The molecule has 35 heavy (non-hydrogen) atoms. The summed E-state index contributed by atoms with van der Waals surface area (Å²) >= 11 is 0. The van der Waals surface area contributed by atoms with Gasteiger partial charge >= 0.3 is 5.97 Å². The molecule has 7 nitrogen and oxygen atoms in total. The second kappa shape index (κ2) is 13.8. The van der Waals surface area contributed by atoms with Gasteiger partial charge in [0.2, 0.25) is 0 Å². The van der Waals surface area contributed by atoms with Crippen LogP contribution >= 0.6 is 0 Å². The minimum Gasteiger partial charge on any atom is -0.493 e. The monoisotopic (exact) mass is 487 g/mol. The van der Waals surface area contributed by atoms with Crippen LogP contribution in [0.15, 0.2) is 29.8 Å². The molecule has 2 aromatic carbocycles. The number of hydrogen-bond acceptors (Lipinski definition) is 7. The summed E-state index contributed by atoms with van der Waals surface area (Å²) in [6, 6.07) is 5.70. The van der Waals surface area contributed by atoms with E-state index in [2.05, 4.69) is 6.08 Å². The van der Waals surface area contributed by atoms with Crippen LogP contribution in [0.25, 0.3) is 10.8 Å². The zero-order chi connectivity index (χ0) is 26.0. The van der Waals surface area contributed by atoms with Gasteiger partial charge in [-0.15, -0.1) is 0 Å². The Balaban J connectivity index is 2.89. The molecule has 0 amide bonds. The summed E-state index contributed by atoms with van der Waals surface area (Å²) in [7, 11) is 3.68. The summed E-state index contributed by atoms with van der Waals surface area (Å²) in [4.78, 5) is 14.5. The smallest absolute Gasteiger partial charge is 0.320 e. The lowest BCUT2D eigenvalue weighted by Crippen LogP contribution is -2.25. The Morgan fingerprint density at radius 3 is 1.91 bits per heavy atom. The summed E-state index contributed by atoms with van der Waals surface area (Å²) in [5.74, 6) is 2.29. The van der Waals surface area contributed by atoms with Crippen molar-refractivity contribution in [1.82, 2.24) is 4.90 Å². The molecule has 0 N–H and O–H groups in total. The molecule has 2 rings (SSSR count). The van der Waals surface area contributed by atoms with E-state index in [1.54, 1.807) is 4.90 Å². The normalized spacial score (nSPS) is 11.8. The molecule has 0 bridgehead atoms. The van der Waals surface area contributed by atoms with Crippen LogP contribution in [-0.4, -0.2) is 57.9 Å². The molecule has 0 saturated heterocycles. The summed E-state index contributed by atoms with van der Waals surface area (Å²) in [5, 5.41) is 1.54. The van der Waals surface area contributed by atoms with Gasteiger partial charge in [0.15, 0.2) is 0 Å². The maximum atomic E-state index is 12.7. The molecular weight excluding hydrogens is 446 g/mol. The van der Waals surface area contributed by atoms with Gasteiger partial charge in [0.1, 0.15) is 29.1 Å². The standard InChI is InChI=1S/C28H41NO6/c1-9-31-22-15-16-23(32-10-2)27-26(22)24(33-11-3)17-20(28(27)34-12-4)21(14-13-19(5)6)35-25(30)18-29(7)8/h13,15-17,21H,9-12,14,18H2,1-8H3/t21-/m0/s1. The Labute approximate surface area is 209 Å². The van der Waals surface area contributed by atoms with Crippen molar-refractivity contribution in [3.8, 4) is 23.0 Å². The van der Waals surface area contributed by atoms with Gasteiger partial charge in [-0.25, -0.2) is 0 Å². The fourth-order valence-electron chi connectivity index (χ4n) is 3.85. The van der Waals surface area contributed by atoms with Crippen LogP contribution in [0.4, 0.5) is 0 Å². The first-order valence-corrected chi connectivity index (χ1v) is 12.4. The van der Waals surface area contributed by atoms with E-state index >= 15 is 0 Å². The molecule has 0 saturated carbocycles. The molecule has 7 heteroatoms. The summed E-state index contributed by atoms with van der Waals surface area (Å²) < 4.78 is 30.3. The Morgan fingerprint density at radius 2 is 1.40 bits per heavy atom. The van der Waals surface area contributed by atoms with Crippen molar-refractivity contribution in [2.24, 2.45) is 0 Å². The van der Waals surface area contributed by atoms with E-state index in [9.17, 15) is 4.79 Å². The molecule has 0 aliphatic carbocycles. The molecule has 0 aromatic heterocycles. The molecule has 0 spiro atoms. The van der Waals surface area contributed by atoms with Gasteiger partial charge in [-0.3, -0.25) is 9.69 Å². The minimum absolute atomic E-state index is 0.180. The molecule has 0 fully saturated rings. The van der Waals surface area contributed by atoms with Crippen molar-refractivity contribution in [3.05, 3.63) is 35.4 Å². The van der Waals surface area contributed by atoms with Gasteiger partial charge in [0, 0.05) is 12.0 Å². The maximum absolute atomic E-state index is 12.7. The SMILES string of the molecule is CCOc1ccc(OCC)c2c(OCC)c([C@H](CC=C(C)C)OC(=O)CN(C)C)cc(OCC)c12. The number of carbonyl (C=O) groups is 1. The van der Waals surface area contributed by atoms with E-state index in [-0.39, 0.29) is 12.5 Å². The number of ether oxygens (including phenoxy) is 5. The molecule has 0 radical (unpaired) electrons. The summed E-state index contributed by atoms with van der Waals surface area (Å²) in [6.07, 6.45) is 2.01. The Hall–Kier alpha value is -2.93. The van der Waals surface area contributed by atoms with Crippen molar-refractivity contribution in [2.75, 3.05) is 47.1 Å². The quantitative estimate of drug-likeness (QED) is 0.241. The highest BCUT2D eigenvalue weighted by atomic mass is 16.5. The highest BCUT2D eigenvalue weighted by molar-refractivity contribution is 6.03. The third-order valence-electron chi connectivity index (χ3n) is 5.15. The molecule has 1 atom stereocenters. The largest absolute Gasteiger partial charge is 0.493 e. The topological polar surface area (TPSA) is 66.5 Å². The van der Waals surface area contributed by atoms with Crippen molar-refractivity contribution in [1.29, 1.82) is 0 Å². The van der Waals surface area contributed by atoms with E-state index in [0.29, 0.717) is 55.8 Å². The minimum atomic E-state index is -0.562. The number of esters is 1. The second-order valence-electron chi connectivity index (χ2n) is 8.57. The van der Waals surface area contributed by atoms with Crippen molar-refractivity contribution < 1.29 is 28.5 Å². The summed E-state index contributed by atoms with van der Waals surface area (Å²) in [5.41, 5.74) is 1.87. The molecule has 2 aromatic rings. The summed E-state index contributed by atoms with van der Waals surface area (Å²) in [6.45, 7) is 13.9.